The van der Waals surface area contributed by atoms with Crippen LogP contribution in [0.25, 0.3) is 11.3 Å². The second-order valence-electron chi connectivity index (χ2n) is 9.54. The summed E-state index contributed by atoms with van der Waals surface area (Å²) in [5.74, 6) is -0.776. The number of nitrogens with two attached hydrogens (primary N) is 1. The monoisotopic (exact) mass is 412 g/mol. The number of aromatic nitrogens is 2. The predicted octanol–water partition coefficient (Wildman–Crippen LogP) is 4.37. The molecule has 2 heterocycles. The van der Waals surface area contributed by atoms with Crippen LogP contribution in [0.5, 0.6) is 0 Å². The Kier molecular flexibility index (Phi) is 4.18. The van der Waals surface area contributed by atoms with E-state index in [0.29, 0.717) is 13.1 Å². The van der Waals surface area contributed by atoms with Crippen LogP contribution in [0.2, 0.25) is 0 Å². The molecule has 1 unspecified atom stereocenters. The number of nitrogens with zero attached hydrogens (tertiary/aromatic N) is 3. The highest BCUT2D eigenvalue weighted by Crippen LogP contribution is 2.70. The number of amides is 2. The lowest BCUT2D eigenvalue weighted by Gasteiger charge is -2.48. The highest BCUT2D eigenvalue weighted by Gasteiger charge is 2.66. The summed E-state index contributed by atoms with van der Waals surface area (Å²) in [5.41, 5.74) is 7.41. The highest BCUT2D eigenvalue weighted by atomic mass is 19.1. The first-order chi connectivity index (χ1) is 14.3. The van der Waals surface area contributed by atoms with Crippen molar-refractivity contribution in [3.8, 4) is 11.3 Å². The van der Waals surface area contributed by atoms with Crippen LogP contribution in [0.4, 0.5) is 13.6 Å². The molecule has 2 aliphatic carbocycles. The zero-order valence-corrected chi connectivity index (χ0v) is 17.3. The molecule has 5 rings (SSSR count). The first kappa shape index (κ1) is 19.4. The van der Waals surface area contributed by atoms with Crippen LogP contribution < -0.4 is 5.73 Å². The molecule has 2 N–H and O–H groups in total. The minimum absolute atomic E-state index is 0.0816. The van der Waals surface area contributed by atoms with Crippen molar-refractivity contribution in [3.63, 3.8) is 0 Å². The molecule has 3 aliphatic rings. The largest absolute Gasteiger partial charge is 0.351 e. The quantitative estimate of drug-likeness (QED) is 0.796. The van der Waals surface area contributed by atoms with Gasteiger partial charge >= 0.3 is 6.03 Å². The van der Waals surface area contributed by atoms with Gasteiger partial charge in [0.1, 0.15) is 11.6 Å². The minimum Gasteiger partial charge on any atom is -0.351 e. The maximum atomic E-state index is 14.4. The molecule has 2 fully saturated rings. The fraction of sp³-hybridized carbons (Fsp3) is 0.522. The number of halogens is 2. The van der Waals surface area contributed by atoms with Gasteiger partial charge in [-0.2, -0.15) is 10.2 Å². The Morgan fingerprint density at radius 2 is 1.93 bits per heavy atom. The summed E-state index contributed by atoms with van der Waals surface area (Å²) in [6.45, 7) is 5.84. The third-order valence-corrected chi connectivity index (χ3v) is 8.12. The lowest BCUT2D eigenvalue weighted by atomic mass is 9.59. The molecule has 2 amide bonds. The summed E-state index contributed by atoms with van der Waals surface area (Å²) < 4.78 is 28.7. The number of primary amides is 1. The summed E-state index contributed by atoms with van der Waals surface area (Å²) in [4.78, 5) is 13.6. The first-order valence-electron chi connectivity index (χ1n) is 10.6. The molecule has 1 aromatic heterocycles. The highest BCUT2D eigenvalue weighted by molar-refractivity contribution is 5.72. The number of hydrogen-bond acceptors (Lipinski definition) is 3. The first-order valence-corrected chi connectivity index (χ1v) is 10.6. The van der Waals surface area contributed by atoms with E-state index in [4.69, 9.17) is 5.73 Å². The van der Waals surface area contributed by atoms with Gasteiger partial charge < -0.3 is 10.6 Å². The van der Waals surface area contributed by atoms with Crippen molar-refractivity contribution >= 4 is 6.03 Å². The fourth-order valence-corrected chi connectivity index (χ4v) is 6.72. The normalized spacial score (nSPS) is 29.1. The lowest BCUT2D eigenvalue weighted by Crippen LogP contribution is -2.52. The van der Waals surface area contributed by atoms with Crippen molar-refractivity contribution in [2.45, 2.75) is 50.9 Å². The van der Waals surface area contributed by atoms with Gasteiger partial charge in [-0.05, 0) is 66.7 Å². The van der Waals surface area contributed by atoms with Crippen molar-refractivity contribution < 1.29 is 13.6 Å². The lowest BCUT2D eigenvalue weighted by molar-refractivity contribution is 0.0697. The van der Waals surface area contributed by atoms with E-state index in [2.05, 4.69) is 24.0 Å². The molecular weight excluding hydrogens is 386 g/mol. The van der Waals surface area contributed by atoms with Crippen molar-refractivity contribution in [1.29, 1.82) is 0 Å². The van der Waals surface area contributed by atoms with Crippen LogP contribution in [0, 0.1) is 23.0 Å². The van der Waals surface area contributed by atoms with Gasteiger partial charge in [-0.15, -0.1) is 0 Å². The third kappa shape index (κ3) is 2.41. The Morgan fingerprint density at radius 3 is 2.63 bits per heavy atom. The molecular formula is C23H26F2N4O. The SMILES string of the molecule is CC1(C)[C@H]2CCC1([C@H]1CCCN(C(N)=O)C1)c1nnc(-c3c(F)cccc3F)cc12. The van der Waals surface area contributed by atoms with Gasteiger partial charge in [0, 0.05) is 18.5 Å². The maximum absolute atomic E-state index is 14.4. The second-order valence-corrected chi connectivity index (χ2v) is 9.54. The molecule has 2 aromatic rings. The average Bonchev–Trinajstić information content (AvgIpc) is 3.09. The van der Waals surface area contributed by atoms with Gasteiger partial charge in [0.2, 0.25) is 0 Å². The van der Waals surface area contributed by atoms with Crippen LogP contribution >= 0.6 is 0 Å². The van der Waals surface area contributed by atoms with E-state index < -0.39 is 11.6 Å². The van der Waals surface area contributed by atoms with Crippen LogP contribution in [0.1, 0.15) is 56.7 Å². The van der Waals surface area contributed by atoms with Crippen molar-refractivity contribution in [1.82, 2.24) is 15.1 Å². The number of fused-ring (bicyclic) bond motifs is 5. The van der Waals surface area contributed by atoms with Crippen molar-refractivity contribution in [2.24, 2.45) is 17.1 Å². The smallest absolute Gasteiger partial charge is 0.314 e. The summed E-state index contributed by atoms with van der Waals surface area (Å²) in [5, 5.41) is 8.88. The summed E-state index contributed by atoms with van der Waals surface area (Å²) >= 11 is 0. The molecule has 2 bridgehead atoms. The van der Waals surface area contributed by atoms with Gasteiger partial charge in [-0.3, -0.25) is 0 Å². The molecule has 158 valence electrons. The van der Waals surface area contributed by atoms with Gasteiger partial charge in [0.15, 0.2) is 0 Å². The fourth-order valence-electron chi connectivity index (χ4n) is 6.72. The summed E-state index contributed by atoms with van der Waals surface area (Å²) in [6, 6.07) is 5.30. The minimum atomic E-state index is -0.634. The number of likely N-dealkylation sites (tertiary alicyclic amines) is 1. The van der Waals surface area contributed by atoms with E-state index in [1.165, 1.54) is 18.2 Å². The molecule has 1 saturated heterocycles. The Bertz CT molecular complexity index is 1020. The molecule has 0 radical (unpaired) electrons. The van der Waals surface area contributed by atoms with E-state index in [0.717, 1.165) is 36.9 Å². The van der Waals surface area contributed by atoms with Crippen molar-refractivity contribution in [2.75, 3.05) is 13.1 Å². The number of hydrogen-bond donors (Lipinski definition) is 1. The zero-order chi connectivity index (χ0) is 21.3. The number of rotatable bonds is 2. The molecule has 1 saturated carbocycles. The number of benzene rings is 1. The van der Waals surface area contributed by atoms with Gasteiger partial charge in [-0.1, -0.05) is 19.9 Å². The number of urea groups is 1. The molecule has 7 heteroatoms. The summed E-state index contributed by atoms with van der Waals surface area (Å²) in [7, 11) is 0. The van der Waals surface area contributed by atoms with E-state index in [1.54, 1.807) is 4.90 Å². The van der Waals surface area contributed by atoms with Crippen molar-refractivity contribution in [3.05, 3.63) is 47.2 Å². The number of piperidine rings is 1. The Balaban J connectivity index is 1.62. The standard InChI is InChI=1S/C23H26F2N4O/c1-22(2)15-8-9-23(22,13-5-4-10-29(12-13)21(26)30)20-14(15)11-18(27-28-20)19-16(24)6-3-7-17(19)25/h3,6-7,11,13,15H,4-5,8-10,12H2,1-2H3,(H2,26,30)/t13-,15-,23?/m0/s1. The van der Waals surface area contributed by atoms with Crippen LogP contribution in [-0.4, -0.2) is 34.2 Å². The molecule has 0 spiro atoms. The number of carbonyl (C=O) groups excluding carboxylic acids is 1. The van der Waals surface area contributed by atoms with E-state index in [9.17, 15) is 13.6 Å². The molecule has 1 aliphatic heterocycles. The maximum Gasteiger partial charge on any atom is 0.314 e. The summed E-state index contributed by atoms with van der Waals surface area (Å²) in [6.07, 6.45) is 3.90. The molecule has 5 nitrogen and oxygen atoms in total. The Morgan fingerprint density at radius 1 is 1.20 bits per heavy atom. The Hall–Kier alpha value is -2.57. The van der Waals surface area contributed by atoms with E-state index in [1.807, 2.05) is 6.07 Å². The van der Waals surface area contributed by atoms with E-state index in [-0.39, 0.29) is 40.0 Å². The van der Waals surface area contributed by atoms with Crippen LogP contribution in [0.15, 0.2) is 24.3 Å². The predicted molar refractivity (Wildman–Crippen MR) is 109 cm³/mol. The van der Waals surface area contributed by atoms with Crippen LogP contribution in [0.3, 0.4) is 0 Å². The molecule has 30 heavy (non-hydrogen) atoms. The third-order valence-electron chi connectivity index (χ3n) is 8.12. The van der Waals surface area contributed by atoms with Gasteiger partial charge in [0.05, 0.1) is 17.0 Å². The average molecular weight is 412 g/mol. The van der Waals surface area contributed by atoms with Crippen LogP contribution in [-0.2, 0) is 5.41 Å². The van der Waals surface area contributed by atoms with E-state index >= 15 is 0 Å². The second kappa shape index (κ2) is 6.46. The number of carbonyl (C=O) groups is 1. The topological polar surface area (TPSA) is 72.1 Å². The van der Waals surface area contributed by atoms with Gasteiger partial charge in [-0.25, -0.2) is 13.6 Å². The molecule has 3 atom stereocenters. The van der Waals surface area contributed by atoms with Gasteiger partial charge in [0.25, 0.3) is 0 Å². The zero-order valence-electron chi connectivity index (χ0n) is 17.3. The molecule has 1 aromatic carbocycles. The Labute approximate surface area is 174 Å².